The first-order valence-corrected chi connectivity index (χ1v) is 3.97. The Morgan fingerprint density at radius 1 is 1.50 bits per heavy atom. The summed E-state index contributed by atoms with van der Waals surface area (Å²) in [6.45, 7) is 9.03. The number of hydrogen-bond acceptors (Lipinski definition) is 2. The van der Waals surface area contributed by atoms with E-state index in [1.54, 1.807) is 0 Å². The lowest BCUT2D eigenvalue weighted by molar-refractivity contribution is 0.0994. The molecule has 0 radical (unpaired) electrons. The Labute approximate surface area is 63.6 Å². The van der Waals surface area contributed by atoms with E-state index in [2.05, 4.69) is 38.0 Å². The molecule has 0 saturated carbocycles. The molecule has 1 fully saturated rings. The Kier molecular flexibility index (Phi) is 2.02. The highest BCUT2D eigenvalue weighted by Gasteiger charge is 2.28. The SMILES string of the molecule is C[C@H]1CN(C)C(C)(C)CN1. The summed E-state index contributed by atoms with van der Waals surface area (Å²) in [5.41, 5.74) is 0.340. The standard InChI is InChI=1S/C8H18N2/c1-7-5-10(4)8(2,3)6-9-7/h7,9H,5-6H2,1-4H3/t7-/m0/s1. The molecule has 0 aromatic heterocycles. The van der Waals surface area contributed by atoms with Crippen molar-refractivity contribution in [3.8, 4) is 0 Å². The van der Waals surface area contributed by atoms with Crippen molar-refractivity contribution >= 4 is 0 Å². The Hall–Kier alpha value is -0.0800. The van der Waals surface area contributed by atoms with E-state index in [0.29, 0.717) is 11.6 Å². The highest BCUT2D eigenvalue weighted by atomic mass is 15.2. The van der Waals surface area contributed by atoms with E-state index in [4.69, 9.17) is 0 Å². The minimum atomic E-state index is 0.340. The van der Waals surface area contributed by atoms with E-state index in [1.807, 2.05) is 0 Å². The fraction of sp³-hybridized carbons (Fsp3) is 1.00. The summed E-state index contributed by atoms with van der Waals surface area (Å²) < 4.78 is 0. The van der Waals surface area contributed by atoms with Crippen molar-refractivity contribution in [3.05, 3.63) is 0 Å². The van der Waals surface area contributed by atoms with Gasteiger partial charge in [-0.1, -0.05) is 0 Å². The minimum Gasteiger partial charge on any atom is -0.311 e. The normalized spacial score (nSPS) is 34.2. The van der Waals surface area contributed by atoms with Crippen LogP contribution in [0.3, 0.4) is 0 Å². The second-order valence-corrected chi connectivity index (χ2v) is 3.97. The number of nitrogens with one attached hydrogen (secondary N) is 1. The third kappa shape index (κ3) is 1.50. The molecule has 0 bridgehead atoms. The fourth-order valence-electron chi connectivity index (χ4n) is 1.28. The Balaban J connectivity index is 2.52. The van der Waals surface area contributed by atoms with Crippen molar-refractivity contribution in [2.45, 2.75) is 32.4 Å². The lowest BCUT2D eigenvalue weighted by Gasteiger charge is -2.43. The Bertz CT molecular complexity index is 120. The van der Waals surface area contributed by atoms with Gasteiger partial charge in [-0.25, -0.2) is 0 Å². The van der Waals surface area contributed by atoms with Crippen LogP contribution in [-0.2, 0) is 0 Å². The maximum atomic E-state index is 3.46. The number of likely N-dealkylation sites (N-methyl/N-ethyl adjacent to an activating group) is 1. The summed E-state index contributed by atoms with van der Waals surface area (Å²) in [6, 6.07) is 0.651. The van der Waals surface area contributed by atoms with Crippen molar-refractivity contribution in [1.29, 1.82) is 0 Å². The topological polar surface area (TPSA) is 15.3 Å². The molecule has 1 saturated heterocycles. The second-order valence-electron chi connectivity index (χ2n) is 3.97. The molecular weight excluding hydrogens is 124 g/mol. The zero-order valence-corrected chi connectivity index (χ0v) is 7.44. The van der Waals surface area contributed by atoms with Crippen LogP contribution in [0.5, 0.6) is 0 Å². The van der Waals surface area contributed by atoms with Crippen molar-refractivity contribution < 1.29 is 0 Å². The predicted octanol–water partition coefficient (Wildman–Crippen LogP) is 0.688. The van der Waals surface area contributed by atoms with Gasteiger partial charge in [0.05, 0.1) is 0 Å². The molecule has 10 heavy (non-hydrogen) atoms. The number of hydrogen-bond donors (Lipinski definition) is 1. The van der Waals surface area contributed by atoms with Gasteiger partial charge in [0.15, 0.2) is 0 Å². The maximum Gasteiger partial charge on any atom is 0.0275 e. The quantitative estimate of drug-likeness (QED) is 0.535. The number of nitrogens with zero attached hydrogens (tertiary/aromatic N) is 1. The van der Waals surface area contributed by atoms with Crippen LogP contribution in [-0.4, -0.2) is 36.6 Å². The molecule has 0 spiro atoms. The molecule has 1 aliphatic heterocycles. The molecule has 1 atom stereocenters. The smallest absolute Gasteiger partial charge is 0.0275 e. The van der Waals surface area contributed by atoms with E-state index < -0.39 is 0 Å². The van der Waals surface area contributed by atoms with Crippen molar-refractivity contribution in [2.24, 2.45) is 0 Å². The zero-order valence-electron chi connectivity index (χ0n) is 7.44. The molecule has 0 amide bonds. The molecule has 0 aliphatic carbocycles. The summed E-state index contributed by atoms with van der Waals surface area (Å²) in [7, 11) is 2.19. The van der Waals surface area contributed by atoms with E-state index in [0.717, 1.165) is 13.1 Å². The van der Waals surface area contributed by atoms with Crippen molar-refractivity contribution in [2.75, 3.05) is 20.1 Å². The lowest BCUT2D eigenvalue weighted by Crippen LogP contribution is -2.59. The molecule has 1 heterocycles. The molecule has 1 N–H and O–H groups in total. The van der Waals surface area contributed by atoms with Crippen LogP contribution in [0, 0.1) is 0 Å². The molecule has 2 nitrogen and oxygen atoms in total. The lowest BCUT2D eigenvalue weighted by atomic mass is 9.99. The van der Waals surface area contributed by atoms with Crippen LogP contribution in [0.2, 0.25) is 0 Å². The van der Waals surface area contributed by atoms with Crippen LogP contribution < -0.4 is 5.32 Å². The van der Waals surface area contributed by atoms with Gasteiger partial charge in [-0.15, -0.1) is 0 Å². The first-order chi connectivity index (χ1) is 4.52. The van der Waals surface area contributed by atoms with Gasteiger partial charge in [0.2, 0.25) is 0 Å². The molecular formula is C8H18N2. The average molecular weight is 142 g/mol. The zero-order chi connectivity index (χ0) is 7.78. The van der Waals surface area contributed by atoms with Gasteiger partial charge in [-0.2, -0.15) is 0 Å². The van der Waals surface area contributed by atoms with Crippen molar-refractivity contribution in [3.63, 3.8) is 0 Å². The van der Waals surface area contributed by atoms with Crippen molar-refractivity contribution in [1.82, 2.24) is 10.2 Å². The van der Waals surface area contributed by atoms with Gasteiger partial charge in [0.1, 0.15) is 0 Å². The second kappa shape index (κ2) is 2.51. The van der Waals surface area contributed by atoms with Crippen LogP contribution in [0.25, 0.3) is 0 Å². The van der Waals surface area contributed by atoms with Crippen LogP contribution in [0.1, 0.15) is 20.8 Å². The van der Waals surface area contributed by atoms with E-state index in [-0.39, 0.29) is 0 Å². The van der Waals surface area contributed by atoms with Gasteiger partial charge in [-0.05, 0) is 27.8 Å². The Morgan fingerprint density at radius 3 is 2.50 bits per heavy atom. The number of piperazine rings is 1. The van der Waals surface area contributed by atoms with E-state index in [1.165, 1.54) is 0 Å². The summed E-state index contributed by atoms with van der Waals surface area (Å²) in [4.78, 5) is 2.41. The van der Waals surface area contributed by atoms with Gasteiger partial charge in [-0.3, -0.25) is 4.90 Å². The minimum absolute atomic E-state index is 0.340. The fourth-order valence-corrected chi connectivity index (χ4v) is 1.28. The summed E-state index contributed by atoms with van der Waals surface area (Å²) in [5.74, 6) is 0. The molecule has 0 unspecified atom stereocenters. The molecule has 1 aliphatic rings. The molecule has 0 aromatic carbocycles. The summed E-state index contributed by atoms with van der Waals surface area (Å²) >= 11 is 0. The van der Waals surface area contributed by atoms with Gasteiger partial charge in [0, 0.05) is 24.7 Å². The first-order valence-electron chi connectivity index (χ1n) is 3.97. The van der Waals surface area contributed by atoms with E-state index in [9.17, 15) is 0 Å². The Morgan fingerprint density at radius 2 is 2.10 bits per heavy atom. The summed E-state index contributed by atoms with van der Waals surface area (Å²) in [5, 5.41) is 3.46. The van der Waals surface area contributed by atoms with Gasteiger partial charge in [0.25, 0.3) is 0 Å². The van der Waals surface area contributed by atoms with E-state index >= 15 is 0 Å². The predicted molar refractivity (Wildman–Crippen MR) is 44.2 cm³/mol. The molecule has 1 rings (SSSR count). The van der Waals surface area contributed by atoms with Gasteiger partial charge < -0.3 is 5.32 Å². The molecule has 0 aromatic rings. The third-order valence-electron chi connectivity index (χ3n) is 2.46. The van der Waals surface area contributed by atoms with Gasteiger partial charge >= 0.3 is 0 Å². The first kappa shape index (κ1) is 8.02. The van der Waals surface area contributed by atoms with Crippen LogP contribution in [0.15, 0.2) is 0 Å². The highest BCUT2D eigenvalue weighted by molar-refractivity contribution is 4.89. The van der Waals surface area contributed by atoms with Crippen LogP contribution >= 0.6 is 0 Å². The maximum absolute atomic E-state index is 3.46. The third-order valence-corrected chi connectivity index (χ3v) is 2.46. The average Bonchev–Trinajstić information content (AvgIpc) is 1.81. The number of rotatable bonds is 0. The van der Waals surface area contributed by atoms with Crippen LogP contribution in [0.4, 0.5) is 0 Å². The largest absolute Gasteiger partial charge is 0.311 e. The molecule has 2 heteroatoms. The monoisotopic (exact) mass is 142 g/mol. The summed E-state index contributed by atoms with van der Waals surface area (Å²) in [6.07, 6.45) is 0. The highest BCUT2D eigenvalue weighted by Crippen LogP contribution is 2.15. The molecule has 60 valence electrons.